The first kappa shape index (κ1) is 19.5. The summed E-state index contributed by atoms with van der Waals surface area (Å²) < 4.78 is 11.2. The lowest BCUT2D eigenvalue weighted by molar-refractivity contribution is 0.0306. The van der Waals surface area contributed by atoms with Crippen molar-refractivity contribution in [1.82, 2.24) is 4.90 Å². The van der Waals surface area contributed by atoms with Gasteiger partial charge in [0, 0.05) is 6.54 Å². The molecule has 23 heavy (non-hydrogen) atoms. The first-order valence-corrected chi connectivity index (χ1v) is 7.38. The molecule has 1 unspecified atom stereocenters. The van der Waals surface area contributed by atoms with E-state index >= 15 is 0 Å². The van der Waals surface area contributed by atoms with Crippen molar-refractivity contribution in [2.75, 3.05) is 33.9 Å². The van der Waals surface area contributed by atoms with Crippen LogP contribution in [-0.2, 0) is 4.74 Å². The Morgan fingerprint density at radius 2 is 1.57 bits per heavy atom. The Morgan fingerprint density at radius 3 is 2.17 bits per heavy atom. The molecule has 4 nitrogen and oxygen atoms in total. The van der Waals surface area contributed by atoms with Crippen LogP contribution < -0.4 is 4.74 Å². The Balaban J connectivity index is 0.00000264. The number of halogens is 1. The number of benzene rings is 2. The lowest BCUT2D eigenvalue weighted by Crippen LogP contribution is -2.19. The number of rotatable bonds is 8. The number of para-hydroxylation sites is 1. The summed E-state index contributed by atoms with van der Waals surface area (Å²) in [5.41, 5.74) is 0.824. The first-order chi connectivity index (χ1) is 10.6. The van der Waals surface area contributed by atoms with Crippen molar-refractivity contribution in [3.05, 3.63) is 60.2 Å². The van der Waals surface area contributed by atoms with Gasteiger partial charge in [-0.05, 0) is 43.9 Å². The molecule has 0 heterocycles. The van der Waals surface area contributed by atoms with Crippen LogP contribution in [0.2, 0.25) is 0 Å². The fourth-order valence-corrected chi connectivity index (χ4v) is 1.92. The molecule has 0 spiro atoms. The van der Waals surface area contributed by atoms with Gasteiger partial charge in [0.05, 0.1) is 13.2 Å². The average Bonchev–Trinajstić information content (AvgIpc) is 2.53. The molecule has 0 aromatic heterocycles. The van der Waals surface area contributed by atoms with Crippen LogP contribution in [0.5, 0.6) is 11.5 Å². The van der Waals surface area contributed by atoms with Gasteiger partial charge in [0.1, 0.15) is 17.6 Å². The van der Waals surface area contributed by atoms with E-state index in [1.807, 2.05) is 73.6 Å². The molecule has 0 aliphatic carbocycles. The van der Waals surface area contributed by atoms with Gasteiger partial charge in [-0.15, -0.1) is 12.4 Å². The largest absolute Gasteiger partial charge is 0.457 e. The smallest absolute Gasteiger partial charge is 0.127 e. The van der Waals surface area contributed by atoms with Gasteiger partial charge >= 0.3 is 0 Å². The van der Waals surface area contributed by atoms with Gasteiger partial charge in [-0.2, -0.15) is 0 Å². The van der Waals surface area contributed by atoms with Gasteiger partial charge in [0.15, 0.2) is 0 Å². The van der Waals surface area contributed by atoms with Crippen LogP contribution in [0.25, 0.3) is 0 Å². The summed E-state index contributed by atoms with van der Waals surface area (Å²) in [6.45, 7) is 1.75. The van der Waals surface area contributed by atoms with Gasteiger partial charge in [0.2, 0.25) is 0 Å². The molecule has 0 saturated heterocycles. The van der Waals surface area contributed by atoms with Gasteiger partial charge in [0.25, 0.3) is 0 Å². The lowest BCUT2D eigenvalue weighted by atomic mass is 10.1. The van der Waals surface area contributed by atoms with Crippen LogP contribution >= 0.6 is 12.4 Å². The van der Waals surface area contributed by atoms with E-state index in [0.29, 0.717) is 13.2 Å². The van der Waals surface area contributed by atoms with Crippen molar-refractivity contribution in [2.45, 2.75) is 6.10 Å². The minimum atomic E-state index is -0.618. The third-order valence-corrected chi connectivity index (χ3v) is 3.20. The molecular weight excluding hydrogens is 314 g/mol. The molecule has 0 fully saturated rings. The third-order valence-electron chi connectivity index (χ3n) is 3.20. The number of aliphatic hydroxyl groups is 1. The highest BCUT2D eigenvalue weighted by atomic mass is 35.5. The zero-order valence-corrected chi connectivity index (χ0v) is 14.3. The summed E-state index contributed by atoms with van der Waals surface area (Å²) in [4.78, 5) is 2.04. The second-order valence-electron chi connectivity index (χ2n) is 5.38. The zero-order valence-electron chi connectivity index (χ0n) is 13.5. The minimum Gasteiger partial charge on any atom is -0.457 e. The predicted molar refractivity (Wildman–Crippen MR) is 94.5 cm³/mol. The summed E-state index contributed by atoms with van der Waals surface area (Å²) in [5, 5.41) is 10.1. The molecule has 0 bridgehead atoms. The highest BCUT2D eigenvalue weighted by Gasteiger charge is 2.08. The highest BCUT2D eigenvalue weighted by Crippen LogP contribution is 2.23. The fraction of sp³-hybridized carbons (Fsp3) is 0.333. The van der Waals surface area contributed by atoms with Gasteiger partial charge in [-0.1, -0.05) is 30.3 Å². The van der Waals surface area contributed by atoms with Crippen LogP contribution in [-0.4, -0.2) is 43.9 Å². The number of ether oxygens (including phenoxy) is 2. The van der Waals surface area contributed by atoms with Crippen molar-refractivity contribution in [2.24, 2.45) is 0 Å². The van der Waals surface area contributed by atoms with E-state index in [1.165, 1.54) is 0 Å². The van der Waals surface area contributed by atoms with E-state index in [9.17, 15) is 5.11 Å². The fourth-order valence-electron chi connectivity index (χ4n) is 1.92. The lowest BCUT2D eigenvalue weighted by Gasteiger charge is -2.14. The van der Waals surface area contributed by atoms with Crippen LogP contribution in [0.3, 0.4) is 0 Å². The molecule has 2 aromatic carbocycles. The average molecular weight is 338 g/mol. The summed E-state index contributed by atoms with van der Waals surface area (Å²) in [5.74, 6) is 1.54. The SMILES string of the molecule is CN(C)CCOCC(O)c1ccc(Oc2ccccc2)cc1.Cl. The van der Waals surface area contributed by atoms with Gasteiger partial charge < -0.3 is 19.5 Å². The van der Waals surface area contributed by atoms with Gasteiger partial charge in [-0.3, -0.25) is 0 Å². The molecule has 0 aliphatic rings. The Morgan fingerprint density at radius 1 is 0.957 bits per heavy atom. The Labute approximate surface area is 144 Å². The molecule has 0 amide bonds. The summed E-state index contributed by atoms with van der Waals surface area (Å²) in [7, 11) is 3.98. The molecule has 126 valence electrons. The normalized spacial score (nSPS) is 11.8. The van der Waals surface area contributed by atoms with Crippen LogP contribution in [0.1, 0.15) is 11.7 Å². The molecule has 0 saturated carbocycles. The maximum absolute atomic E-state index is 10.1. The van der Waals surface area contributed by atoms with Crippen molar-refractivity contribution in [3.63, 3.8) is 0 Å². The minimum absolute atomic E-state index is 0. The molecule has 0 aliphatic heterocycles. The quantitative estimate of drug-likeness (QED) is 0.748. The molecule has 2 rings (SSSR count). The number of hydrogen-bond donors (Lipinski definition) is 1. The van der Waals surface area contributed by atoms with Crippen molar-refractivity contribution in [3.8, 4) is 11.5 Å². The Bertz CT molecular complexity index is 546. The summed E-state index contributed by atoms with van der Waals surface area (Å²) in [6.07, 6.45) is -0.618. The molecule has 5 heteroatoms. The van der Waals surface area contributed by atoms with Crippen LogP contribution in [0.4, 0.5) is 0 Å². The van der Waals surface area contributed by atoms with E-state index in [2.05, 4.69) is 0 Å². The van der Waals surface area contributed by atoms with E-state index in [-0.39, 0.29) is 12.4 Å². The number of likely N-dealkylation sites (N-methyl/N-ethyl adjacent to an activating group) is 1. The van der Waals surface area contributed by atoms with Crippen LogP contribution in [0, 0.1) is 0 Å². The predicted octanol–water partition coefficient (Wildman–Crippen LogP) is 3.51. The van der Waals surface area contributed by atoms with Crippen molar-refractivity contribution >= 4 is 12.4 Å². The van der Waals surface area contributed by atoms with E-state index in [0.717, 1.165) is 23.6 Å². The maximum atomic E-state index is 10.1. The number of hydrogen-bond acceptors (Lipinski definition) is 4. The Kier molecular flexibility index (Phi) is 8.66. The zero-order chi connectivity index (χ0) is 15.8. The number of aliphatic hydroxyl groups excluding tert-OH is 1. The summed E-state index contributed by atoms with van der Waals surface area (Å²) in [6, 6.07) is 17.0. The second-order valence-corrected chi connectivity index (χ2v) is 5.38. The molecule has 1 atom stereocenters. The molecule has 1 N–H and O–H groups in total. The third kappa shape index (κ3) is 7.01. The maximum Gasteiger partial charge on any atom is 0.127 e. The molecule has 0 radical (unpaired) electrons. The van der Waals surface area contributed by atoms with Crippen molar-refractivity contribution < 1.29 is 14.6 Å². The topological polar surface area (TPSA) is 41.9 Å². The molecule has 2 aromatic rings. The number of nitrogens with zero attached hydrogens (tertiary/aromatic N) is 1. The van der Waals surface area contributed by atoms with Gasteiger partial charge in [-0.25, -0.2) is 0 Å². The standard InChI is InChI=1S/C18H23NO3.ClH/c1-19(2)12-13-21-14-18(20)15-8-10-17(11-9-15)22-16-6-4-3-5-7-16;/h3-11,18,20H,12-14H2,1-2H3;1H. The van der Waals surface area contributed by atoms with Crippen molar-refractivity contribution in [1.29, 1.82) is 0 Å². The van der Waals surface area contributed by atoms with E-state index in [1.54, 1.807) is 0 Å². The molecular formula is C18H24ClNO3. The highest BCUT2D eigenvalue weighted by molar-refractivity contribution is 5.85. The first-order valence-electron chi connectivity index (χ1n) is 7.38. The summed E-state index contributed by atoms with van der Waals surface area (Å²) >= 11 is 0. The monoisotopic (exact) mass is 337 g/mol. The Hall–Kier alpha value is -1.59. The van der Waals surface area contributed by atoms with Crippen LogP contribution in [0.15, 0.2) is 54.6 Å². The van der Waals surface area contributed by atoms with E-state index in [4.69, 9.17) is 9.47 Å². The van der Waals surface area contributed by atoms with E-state index < -0.39 is 6.10 Å². The second kappa shape index (κ2) is 10.2.